The molecule has 1 aliphatic rings. The van der Waals surface area contributed by atoms with Crippen molar-refractivity contribution in [1.29, 1.82) is 0 Å². The molecule has 0 bridgehead atoms. The Morgan fingerprint density at radius 3 is 3.06 bits per heavy atom. The monoisotopic (exact) mass is 239 g/mol. The molecule has 0 saturated carbocycles. The Morgan fingerprint density at radius 2 is 2.44 bits per heavy atom. The quantitative estimate of drug-likeness (QED) is 0.881. The zero-order valence-electron chi connectivity index (χ0n) is 9.43. The third-order valence-corrected chi connectivity index (χ3v) is 4.32. The molecule has 1 saturated heterocycles. The first kappa shape index (κ1) is 11.6. The predicted octanol–water partition coefficient (Wildman–Crippen LogP) is 2.75. The van der Waals surface area contributed by atoms with E-state index in [4.69, 9.17) is 0 Å². The van der Waals surface area contributed by atoms with Gasteiger partial charge in [-0.25, -0.2) is 0 Å². The lowest BCUT2D eigenvalue weighted by Crippen LogP contribution is -2.45. The number of piperidine rings is 1. The van der Waals surface area contributed by atoms with E-state index in [0.717, 1.165) is 25.8 Å². The summed E-state index contributed by atoms with van der Waals surface area (Å²) in [5, 5.41) is 11.3. The minimum Gasteiger partial charge on any atom is -0.480 e. The summed E-state index contributed by atoms with van der Waals surface area (Å²) in [6.07, 6.45) is 2.93. The number of thiophene rings is 1. The Morgan fingerprint density at radius 1 is 1.62 bits per heavy atom. The largest absolute Gasteiger partial charge is 0.480 e. The summed E-state index contributed by atoms with van der Waals surface area (Å²) in [5.74, 6) is -0.678. The second-order valence-corrected chi connectivity index (χ2v) is 5.26. The Balaban J connectivity index is 2.14. The smallest absolute Gasteiger partial charge is 0.320 e. The molecular formula is C12H17NO2S. The fourth-order valence-corrected chi connectivity index (χ4v) is 3.18. The van der Waals surface area contributed by atoms with E-state index in [1.54, 1.807) is 11.3 Å². The van der Waals surface area contributed by atoms with Crippen molar-refractivity contribution in [2.75, 3.05) is 6.54 Å². The summed E-state index contributed by atoms with van der Waals surface area (Å²) < 4.78 is 0. The minimum atomic E-state index is -0.678. The predicted molar refractivity (Wildman–Crippen MR) is 64.7 cm³/mol. The second-order valence-electron chi connectivity index (χ2n) is 4.28. The van der Waals surface area contributed by atoms with Gasteiger partial charge in [0.05, 0.1) is 0 Å². The van der Waals surface area contributed by atoms with Crippen molar-refractivity contribution in [2.45, 2.75) is 38.3 Å². The number of carboxylic acid groups (broad SMARTS) is 1. The van der Waals surface area contributed by atoms with Crippen LogP contribution in [-0.4, -0.2) is 28.6 Å². The second kappa shape index (κ2) is 4.97. The maximum atomic E-state index is 11.2. The molecule has 0 aromatic carbocycles. The van der Waals surface area contributed by atoms with Gasteiger partial charge in [-0.2, -0.15) is 0 Å². The fourth-order valence-electron chi connectivity index (χ4n) is 2.38. The molecular weight excluding hydrogens is 222 g/mol. The molecule has 1 aliphatic heterocycles. The van der Waals surface area contributed by atoms with Crippen LogP contribution in [0.2, 0.25) is 0 Å². The van der Waals surface area contributed by atoms with Gasteiger partial charge in [0.15, 0.2) is 0 Å². The maximum absolute atomic E-state index is 11.2. The van der Waals surface area contributed by atoms with Gasteiger partial charge in [-0.15, -0.1) is 11.3 Å². The Bertz CT molecular complexity index is 350. The number of rotatable bonds is 3. The highest BCUT2D eigenvalue weighted by Gasteiger charge is 2.32. The standard InChI is InChI=1S/C12H17NO2S/c1-9(11-6-4-8-16-11)13-7-3-2-5-10(13)12(14)15/h4,6,8-10H,2-3,5,7H2,1H3,(H,14,15)/t9-,10-/m1/s1. The first-order chi connectivity index (χ1) is 7.70. The highest BCUT2D eigenvalue weighted by Crippen LogP contribution is 2.30. The molecule has 1 fully saturated rings. The highest BCUT2D eigenvalue weighted by molar-refractivity contribution is 7.10. The first-order valence-corrected chi connectivity index (χ1v) is 6.60. The van der Waals surface area contributed by atoms with E-state index in [2.05, 4.69) is 17.9 Å². The molecule has 0 radical (unpaired) electrons. The summed E-state index contributed by atoms with van der Waals surface area (Å²) in [4.78, 5) is 14.6. The third-order valence-electron chi connectivity index (χ3n) is 3.28. The molecule has 4 heteroatoms. The van der Waals surface area contributed by atoms with Crippen molar-refractivity contribution in [1.82, 2.24) is 4.90 Å². The van der Waals surface area contributed by atoms with E-state index in [0.29, 0.717) is 0 Å². The number of likely N-dealkylation sites (tertiary alicyclic amines) is 1. The van der Waals surface area contributed by atoms with Crippen LogP contribution in [0.1, 0.15) is 37.1 Å². The van der Waals surface area contributed by atoms with Gasteiger partial charge in [0.25, 0.3) is 0 Å². The first-order valence-electron chi connectivity index (χ1n) is 5.72. The number of aliphatic carboxylic acids is 1. The van der Waals surface area contributed by atoms with E-state index >= 15 is 0 Å². The SMILES string of the molecule is C[C@H](c1cccs1)N1CCCC[C@@H]1C(=O)O. The van der Waals surface area contributed by atoms with Crippen LogP contribution >= 0.6 is 11.3 Å². The molecule has 0 unspecified atom stereocenters. The summed E-state index contributed by atoms with van der Waals surface area (Å²) in [6.45, 7) is 3.00. The van der Waals surface area contributed by atoms with Gasteiger partial charge in [-0.1, -0.05) is 12.5 Å². The van der Waals surface area contributed by atoms with Crippen LogP contribution in [0.4, 0.5) is 0 Å². The van der Waals surface area contributed by atoms with Gasteiger partial charge >= 0.3 is 5.97 Å². The average Bonchev–Trinajstić information content (AvgIpc) is 2.81. The van der Waals surface area contributed by atoms with Crippen molar-refractivity contribution in [2.24, 2.45) is 0 Å². The lowest BCUT2D eigenvalue weighted by molar-refractivity contribution is -0.145. The molecule has 1 aromatic rings. The molecule has 0 spiro atoms. The van der Waals surface area contributed by atoms with Crippen LogP contribution in [0.15, 0.2) is 17.5 Å². The van der Waals surface area contributed by atoms with E-state index in [1.807, 2.05) is 11.4 Å². The zero-order chi connectivity index (χ0) is 11.5. The van der Waals surface area contributed by atoms with Crippen molar-refractivity contribution in [3.8, 4) is 0 Å². The van der Waals surface area contributed by atoms with Crippen LogP contribution < -0.4 is 0 Å². The van der Waals surface area contributed by atoms with Gasteiger partial charge in [-0.05, 0) is 37.8 Å². The fraction of sp³-hybridized carbons (Fsp3) is 0.583. The summed E-state index contributed by atoms with van der Waals surface area (Å²) in [5.41, 5.74) is 0. The molecule has 88 valence electrons. The Hall–Kier alpha value is -0.870. The minimum absolute atomic E-state index is 0.224. The summed E-state index contributed by atoms with van der Waals surface area (Å²) in [7, 11) is 0. The van der Waals surface area contributed by atoms with Crippen LogP contribution in [0, 0.1) is 0 Å². The lowest BCUT2D eigenvalue weighted by atomic mass is 10.00. The van der Waals surface area contributed by atoms with Crippen LogP contribution in [0.25, 0.3) is 0 Å². The van der Waals surface area contributed by atoms with E-state index in [-0.39, 0.29) is 12.1 Å². The van der Waals surface area contributed by atoms with Gasteiger partial charge in [0.2, 0.25) is 0 Å². The Labute approximate surface area is 99.7 Å². The highest BCUT2D eigenvalue weighted by atomic mass is 32.1. The van der Waals surface area contributed by atoms with Crippen molar-refractivity contribution < 1.29 is 9.90 Å². The number of nitrogens with zero attached hydrogens (tertiary/aromatic N) is 1. The van der Waals surface area contributed by atoms with Gasteiger partial charge in [0, 0.05) is 10.9 Å². The normalized spacial score (nSPS) is 24.2. The van der Waals surface area contributed by atoms with Gasteiger partial charge in [-0.3, -0.25) is 9.69 Å². The zero-order valence-corrected chi connectivity index (χ0v) is 10.2. The molecule has 2 heterocycles. The Kier molecular flexibility index (Phi) is 3.61. The molecule has 1 N–H and O–H groups in total. The number of carbonyl (C=O) groups is 1. The van der Waals surface area contributed by atoms with Crippen LogP contribution in [0.3, 0.4) is 0 Å². The molecule has 2 rings (SSSR count). The van der Waals surface area contributed by atoms with Crippen molar-refractivity contribution >= 4 is 17.3 Å². The van der Waals surface area contributed by atoms with Crippen molar-refractivity contribution in [3.63, 3.8) is 0 Å². The van der Waals surface area contributed by atoms with Crippen molar-refractivity contribution in [3.05, 3.63) is 22.4 Å². The molecule has 0 aliphatic carbocycles. The number of carboxylic acids is 1. The third kappa shape index (κ3) is 2.28. The number of hydrogen-bond acceptors (Lipinski definition) is 3. The summed E-state index contributed by atoms with van der Waals surface area (Å²) >= 11 is 1.70. The number of hydrogen-bond donors (Lipinski definition) is 1. The summed E-state index contributed by atoms with van der Waals surface area (Å²) in [6, 6.07) is 4.03. The topological polar surface area (TPSA) is 40.5 Å². The van der Waals surface area contributed by atoms with Crippen LogP contribution in [-0.2, 0) is 4.79 Å². The molecule has 1 aromatic heterocycles. The van der Waals surface area contributed by atoms with Gasteiger partial charge < -0.3 is 5.11 Å². The van der Waals surface area contributed by atoms with Crippen LogP contribution in [0.5, 0.6) is 0 Å². The van der Waals surface area contributed by atoms with E-state index < -0.39 is 5.97 Å². The van der Waals surface area contributed by atoms with E-state index in [1.165, 1.54) is 4.88 Å². The molecule has 16 heavy (non-hydrogen) atoms. The maximum Gasteiger partial charge on any atom is 0.320 e. The lowest BCUT2D eigenvalue weighted by Gasteiger charge is -2.37. The van der Waals surface area contributed by atoms with Gasteiger partial charge in [0.1, 0.15) is 6.04 Å². The average molecular weight is 239 g/mol. The van der Waals surface area contributed by atoms with E-state index in [9.17, 15) is 9.90 Å². The molecule has 2 atom stereocenters. The molecule has 0 amide bonds. The molecule has 3 nitrogen and oxygen atoms in total.